The molecule has 0 aromatic carbocycles. The molecule has 1 fully saturated rings. The van der Waals surface area contributed by atoms with E-state index in [1.165, 1.54) is 7.11 Å². The lowest BCUT2D eigenvalue weighted by molar-refractivity contribution is -0.142. The third-order valence-corrected chi connectivity index (χ3v) is 2.90. The van der Waals surface area contributed by atoms with E-state index in [2.05, 4.69) is 15.4 Å². The van der Waals surface area contributed by atoms with Gasteiger partial charge in [-0.3, -0.25) is 10.1 Å². The van der Waals surface area contributed by atoms with Crippen LogP contribution in [-0.4, -0.2) is 42.9 Å². The van der Waals surface area contributed by atoms with Crippen molar-refractivity contribution in [3.8, 4) is 0 Å². The number of hydrogen-bond acceptors (Lipinski definition) is 5. The van der Waals surface area contributed by atoms with Gasteiger partial charge in [0.05, 0.1) is 7.11 Å². The summed E-state index contributed by atoms with van der Waals surface area (Å²) in [6.07, 6.45) is 1.40. The van der Waals surface area contributed by atoms with Crippen LogP contribution in [0.1, 0.15) is 40.5 Å². The Labute approximate surface area is 114 Å². The number of carbonyl (C=O) groups excluding carboxylic acids is 2. The van der Waals surface area contributed by atoms with Gasteiger partial charge >= 0.3 is 12.1 Å². The molecule has 0 radical (unpaired) electrons. The van der Waals surface area contributed by atoms with Crippen molar-refractivity contribution in [2.45, 2.75) is 57.7 Å². The zero-order valence-electron chi connectivity index (χ0n) is 12.3. The quantitative estimate of drug-likeness (QED) is 0.735. The molecule has 0 aromatic rings. The van der Waals surface area contributed by atoms with Gasteiger partial charge in [-0.1, -0.05) is 0 Å². The number of amides is 1. The highest BCUT2D eigenvalue weighted by atomic mass is 16.6. The molecule has 0 heterocycles. The maximum Gasteiger partial charge on any atom is 0.407 e. The number of methoxy groups -OCH3 is 1. The summed E-state index contributed by atoms with van der Waals surface area (Å²) in [5, 5.41) is 5.92. The molecule has 6 nitrogen and oxygen atoms in total. The number of hydrogen-bond donors (Lipinski definition) is 2. The number of rotatable bonds is 5. The van der Waals surface area contributed by atoms with E-state index in [-0.39, 0.29) is 17.6 Å². The average molecular weight is 272 g/mol. The highest BCUT2D eigenvalue weighted by Crippen LogP contribution is 2.35. The van der Waals surface area contributed by atoms with Crippen molar-refractivity contribution in [2.24, 2.45) is 0 Å². The smallest absolute Gasteiger partial charge is 0.407 e. The van der Waals surface area contributed by atoms with E-state index in [0.717, 1.165) is 12.8 Å². The molecule has 0 spiro atoms. The topological polar surface area (TPSA) is 76.7 Å². The summed E-state index contributed by atoms with van der Waals surface area (Å²) < 4.78 is 9.83. The first-order valence-corrected chi connectivity index (χ1v) is 6.50. The molecule has 0 aromatic heterocycles. The van der Waals surface area contributed by atoms with Crippen molar-refractivity contribution < 1.29 is 19.1 Å². The summed E-state index contributed by atoms with van der Waals surface area (Å²) in [7, 11) is 1.36. The lowest BCUT2D eigenvalue weighted by Gasteiger charge is -2.24. The molecule has 0 aliphatic heterocycles. The molecule has 1 aliphatic carbocycles. The largest absolute Gasteiger partial charge is 0.468 e. The van der Waals surface area contributed by atoms with Crippen molar-refractivity contribution >= 4 is 12.1 Å². The summed E-state index contributed by atoms with van der Waals surface area (Å²) in [6.45, 7) is 7.65. The van der Waals surface area contributed by atoms with Gasteiger partial charge in [0.15, 0.2) is 0 Å². The van der Waals surface area contributed by atoms with Gasteiger partial charge in [-0.05, 0) is 40.5 Å². The van der Waals surface area contributed by atoms with Gasteiger partial charge in [-0.2, -0.15) is 0 Å². The molecule has 19 heavy (non-hydrogen) atoms. The first-order chi connectivity index (χ1) is 8.67. The monoisotopic (exact) mass is 272 g/mol. The van der Waals surface area contributed by atoms with Gasteiger partial charge in [-0.15, -0.1) is 0 Å². The first-order valence-electron chi connectivity index (χ1n) is 6.50. The highest BCUT2D eigenvalue weighted by Gasteiger charge is 2.44. The minimum absolute atomic E-state index is 0.204. The molecule has 1 rings (SSSR count). The predicted octanol–water partition coefficient (Wildman–Crippen LogP) is 1.19. The Kier molecular flexibility index (Phi) is 4.79. The van der Waals surface area contributed by atoms with Crippen LogP contribution in [0, 0.1) is 0 Å². The second-order valence-corrected chi connectivity index (χ2v) is 6.02. The molecule has 110 valence electrons. The van der Waals surface area contributed by atoms with Crippen LogP contribution in [0.4, 0.5) is 4.79 Å². The Balaban J connectivity index is 2.36. The summed E-state index contributed by atoms with van der Waals surface area (Å²) in [6, 6.07) is -0.382. The number of esters is 1. The second kappa shape index (κ2) is 5.77. The van der Waals surface area contributed by atoms with Crippen LogP contribution in [-0.2, 0) is 14.3 Å². The summed E-state index contributed by atoms with van der Waals surface area (Å²) in [5.74, 6) is -0.302. The Morgan fingerprint density at radius 1 is 1.32 bits per heavy atom. The Bertz CT molecular complexity index is 345. The Morgan fingerprint density at radius 2 is 1.89 bits per heavy atom. The number of ether oxygens (including phenoxy) is 2. The normalized spacial score (nSPS) is 18.4. The number of alkyl carbamates (subject to hydrolysis) is 1. The zero-order valence-corrected chi connectivity index (χ0v) is 12.3. The van der Waals surface area contributed by atoms with Crippen molar-refractivity contribution in [3.63, 3.8) is 0 Å². The number of carbonyl (C=O) groups is 2. The standard InChI is InChI=1S/C13H24N2O4/c1-9(10(16)18-5)15-13(6-7-13)8-14-11(17)19-12(2,3)4/h9,15H,6-8H2,1-5H3,(H,14,17)/t9-/m0/s1. The van der Waals surface area contributed by atoms with Gasteiger partial charge in [0.2, 0.25) is 0 Å². The fraction of sp³-hybridized carbons (Fsp3) is 0.846. The van der Waals surface area contributed by atoms with E-state index < -0.39 is 11.7 Å². The van der Waals surface area contributed by atoms with E-state index in [0.29, 0.717) is 6.54 Å². The van der Waals surface area contributed by atoms with Crippen molar-refractivity contribution in [1.29, 1.82) is 0 Å². The molecule has 1 amide bonds. The van der Waals surface area contributed by atoms with E-state index in [1.54, 1.807) is 6.92 Å². The van der Waals surface area contributed by atoms with Crippen molar-refractivity contribution in [1.82, 2.24) is 10.6 Å². The minimum Gasteiger partial charge on any atom is -0.468 e. The van der Waals surface area contributed by atoms with E-state index in [4.69, 9.17) is 4.74 Å². The number of nitrogens with one attached hydrogen (secondary N) is 2. The van der Waals surface area contributed by atoms with E-state index in [1.807, 2.05) is 20.8 Å². The molecule has 2 N–H and O–H groups in total. The zero-order chi connectivity index (χ0) is 14.7. The summed E-state index contributed by atoms with van der Waals surface area (Å²) >= 11 is 0. The molecule has 0 saturated heterocycles. The van der Waals surface area contributed by atoms with Crippen LogP contribution in [0.25, 0.3) is 0 Å². The van der Waals surface area contributed by atoms with Gasteiger partial charge in [0.1, 0.15) is 11.6 Å². The second-order valence-electron chi connectivity index (χ2n) is 6.02. The van der Waals surface area contributed by atoms with Crippen LogP contribution >= 0.6 is 0 Å². The van der Waals surface area contributed by atoms with Crippen LogP contribution in [0.2, 0.25) is 0 Å². The molecule has 1 atom stereocenters. The third kappa shape index (κ3) is 5.46. The first kappa shape index (κ1) is 15.8. The highest BCUT2D eigenvalue weighted by molar-refractivity contribution is 5.75. The summed E-state index contributed by atoms with van der Waals surface area (Å²) in [5.41, 5.74) is -0.710. The third-order valence-electron chi connectivity index (χ3n) is 2.90. The van der Waals surface area contributed by atoms with Gasteiger partial charge in [-0.25, -0.2) is 4.79 Å². The fourth-order valence-electron chi connectivity index (χ4n) is 1.77. The molecule has 6 heteroatoms. The SMILES string of the molecule is COC(=O)[C@H](C)NC1(CNC(=O)OC(C)(C)C)CC1. The maximum atomic E-state index is 11.6. The van der Waals surface area contributed by atoms with Crippen LogP contribution in [0.15, 0.2) is 0 Å². The van der Waals surface area contributed by atoms with E-state index in [9.17, 15) is 9.59 Å². The maximum absolute atomic E-state index is 11.6. The van der Waals surface area contributed by atoms with Gasteiger partial charge in [0, 0.05) is 12.1 Å². The Morgan fingerprint density at radius 3 is 2.32 bits per heavy atom. The molecule has 1 aliphatic rings. The average Bonchev–Trinajstić information content (AvgIpc) is 3.03. The van der Waals surface area contributed by atoms with E-state index >= 15 is 0 Å². The molecular weight excluding hydrogens is 248 g/mol. The van der Waals surface area contributed by atoms with Gasteiger partial charge in [0.25, 0.3) is 0 Å². The predicted molar refractivity (Wildman–Crippen MR) is 70.8 cm³/mol. The van der Waals surface area contributed by atoms with Crippen LogP contribution in [0.3, 0.4) is 0 Å². The van der Waals surface area contributed by atoms with Crippen LogP contribution in [0.5, 0.6) is 0 Å². The molecule has 0 bridgehead atoms. The lowest BCUT2D eigenvalue weighted by Crippen LogP contribution is -2.50. The van der Waals surface area contributed by atoms with Crippen molar-refractivity contribution in [3.05, 3.63) is 0 Å². The molecular formula is C13H24N2O4. The fourth-order valence-corrected chi connectivity index (χ4v) is 1.77. The van der Waals surface area contributed by atoms with Crippen molar-refractivity contribution in [2.75, 3.05) is 13.7 Å². The molecule has 1 saturated carbocycles. The van der Waals surface area contributed by atoms with Crippen LogP contribution < -0.4 is 10.6 Å². The minimum atomic E-state index is -0.506. The molecule has 0 unspecified atom stereocenters. The lowest BCUT2D eigenvalue weighted by atomic mass is 10.2. The van der Waals surface area contributed by atoms with Gasteiger partial charge < -0.3 is 14.8 Å². The Hall–Kier alpha value is -1.30. The summed E-state index contributed by atoms with van der Waals surface area (Å²) in [4.78, 5) is 22.9.